The van der Waals surface area contributed by atoms with Crippen LogP contribution in [0.25, 0.3) is 99.6 Å². The third-order valence-corrected chi connectivity index (χ3v) is 8.89. The first-order valence-corrected chi connectivity index (χ1v) is 15.3. The fourth-order valence-electron chi connectivity index (χ4n) is 6.72. The molecule has 10 aromatic rings. The molecule has 7 aromatic carbocycles. The summed E-state index contributed by atoms with van der Waals surface area (Å²) in [7, 11) is 0. The summed E-state index contributed by atoms with van der Waals surface area (Å²) in [6, 6.07) is 47.5. The van der Waals surface area contributed by atoms with Gasteiger partial charge in [-0.3, -0.25) is 0 Å². The number of benzene rings is 7. The van der Waals surface area contributed by atoms with Gasteiger partial charge in [-0.05, 0) is 40.4 Å². The van der Waals surface area contributed by atoms with Gasteiger partial charge in [-0.15, -0.1) is 0 Å². The first-order chi connectivity index (χ1) is 22.8. The van der Waals surface area contributed by atoms with Crippen LogP contribution in [-0.4, -0.2) is 15.0 Å². The fraction of sp³-hybridized carbons (Fsp3) is 0. The second-order valence-electron chi connectivity index (χ2n) is 11.6. The van der Waals surface area contributed by atoms with Crippen molar-refractivity contribution >= 4 is 65.4 Å². The maximum atomic E-state index is 6.75. The highest BCUT2D eigenvalue weighted by Crippen LogP contribution is 2.45. The van der Waals surface area contributed by atoms with Crippen LogP contribution in [-0.2, 0) is 0 Å². The van der Waals surface area contributed by atoms with Crippen molar-refractivity contribution in [3.05, 3.63) is 140 Å². The summed E-state index contributed by atoms with van der Waals surface area (Å²) in [5, 5.41) is 8.62. The van der Waals surface area contributed by atoms with E-state index in [-0.39, 0.29) is 0 Å². The number of aromatic nitrogens is 3. The highest BCUT2D eigenvalue weighted by Gasteiger charge is 2.21. The first kappa shape index (κ1) is 25.0. The van der Waals surface area contributed by atoms with Crippen molar-refractivity contribution in [1.29, 1.82) is 0 Å². The van der Waals surface area contributed by atoms with E-state index in [0.29, 0.717) is 17.5 Å². The Labute approximate surface area is 262 Å². The molecule has 5 nitrogen and oxygen atoms in total. The fourth-order valence-corrected chi connectivity index (χ4v) is 6.72. The van der Waals surface area contributed by atoms with E-state index >= 15 is 0 Å². The molecule has 3 heterocycles. The van der Waals surface area contributed by atoms with Gasteiger partial charge >= 0.3 is 0 Å². The van der Waals surface area contributed by atoms with Crippen molar-refractivity contribution in [2.45, 2.75) is 0 Å². The standard InChI is InChI=1S/C41H23N3O2/c1-2-11-25(12-3-1)39-42-40(27-19-18-24-10-4-5-13-26(24)22-27)44-41(43-39)28-20-21-32-34(23-28)46-38-35(32)29-14-6-7-15-30(29)37-36(38)31-16-8-9-17-33(31)45-37/h1-23H. The highest BCUT2D eigenvalue weighted by molar-refractivity contribution is 6.33. The SMILES string of the molecule is c1ccc(-c2nc(-c3ccc4ccccc4c3)nc(-c3ccc4c(c3)oc3c4c4ccccc4c4oc5ccccc5c43)n2)cc1. The molecule has 214 valence electrons. The van der Waals surface area contributed by atoms with Crippen LogP contribution in [0.15, 0.2) is 148 Å². The van der Waals surface area contributed by atoms with Crippen molar-refractivity contribution in [2.24, 2.45) is 0 Å². The zero-order valence-corrected chi connectivity index (χ0v) is 24.4. The van der Waals surface area contributed by atoms with E-state index < -0.39 is 0 Å². The lowest BCUT2D eigenvalue weighted by molar-refractivity contribution is 0.665. The summed E-state index contributed by atoms with van der Waals surface area (Å²) >= 11 is 0. The molecule has 5 heteroatoms. The largest absolute Gasteiger partial charge is 0.455 e. The third-order valence-electron chi connectivity index (χ3n) is 8.89. The number of hydrogen-bond acceptors (Lipinski definition) is 5. The van der Waals surface area contributed by atoms with E-state index in [0.717, 1.165) is 76.7 Å². The van der Waals surface area contributed by atoms with E-state index in [4.69, 9.17) is 23.8 Å². The van der Waals surface area contributed by atoms with Gasteiger partial charge in [0.1, 0.15) is 22.3 Å². The van der Waals surface area contributed by atoms with E-state index in [2.05, 4.69) is 72.8 Å². The number of para-hydroxylation sites is 1. The zero-order valence-electron chi connectivity index (χ0n) is 24.4. The molecule has 0 amide bonds. The van der Waals surface area contributed by atoms with Crippen LogP contribution in [0.5, 0.6) is 0 Å². The van der Waals surface area contributed by atoms with Gasteiger partial charge in [-0.25, -0.2) is 15.0 Å². The summed E-state index contributed by atoms with van der Waals surface area (Å²) in [5.74, 6) is 1.83. The van der Waals surface area contributed by atoms with Gasteiger partial charge in [0, 0.05) is 38.2 Å². The van der Waals surface area contributed by atoms with Crippen LogP contribution in [0.3, 0.4) is 0 Å². The molecule has 3 aromatic heterocycles. The van der Waals surface area contributed by atoms with E-state index in [1.807, 2.05) is 66.7 Å². The molecule has 0 radical (unpaired) electrons. The Bertz CT molecular complexity index is 2810. The number of rotatable bonds is 3. The molecular formula is C41H23N3O2. The second-order valence-corrected chi connectivity index (χ2v) is 11.6. The molecule has 0 aliphatic rings. The van der Waals surface area contributed by atoms with Crippen LogP contribution in [0.4, 0.5) is 0 Å². The Morgan fingerprint density at radius 3 is 1.76 bits per heavy atom. The minimum absolute atomic E-state index is 0.586. The molecule has 0 aliphatic heterocycles. The van der Waals surface area contributed by atoms with Gasteiger partial charge in [-0.1, -0.05) is 115 Å². The topological polar surface area (TPSA) is 65.0 Å². The number of hydrogen-bond donors (Lipinski definition) is 0. The Kier molecular flexibility index (Phi) is 5.22. The predicted molar refractivity (Wildman–Crippen MR) is 186 cm³/mol. The van der Waals surface area contributed by atoms with Crippen LogP contribution < -0.4 is 0 Å². The smallest absolute Gasteiger partial charge is 0.164 e. The Morgan fingerprint density at radius 2 is 0.935 bits per heavy atom. The molecule has 46 heavy (non-hydrogen) atoms. The van der Waals surface area contributed by atoms with E-state index in [1.54, 1.807) is 0 Å². The molecule has 0 bridgehead atoms. The molecule has 0 spiro atoms. The highest BCUT2D eigenvalue weighted by atomic mass is 16.3. The van der Waals surface area contributed by atoms with Crippen molar-refractivity contribution in [3.63, 3.8) is 0 Å². The van der Waals surface area contributed by atoms with Gasteiger partial charge in [0.05, 0.1) is 5.39 Å². The molecule has 10 rings (SSSR count). The summed E-state index contributed by atoms with van der Waals surface area (Å²) in [5.41, 5.74) is 5.99. The predicted octanol–water partition coefficient (Wildman–Crippen LogP) is 11.0. The first-order valence-electron chi connectivity index (χ1n) is 15.3. The van der Waals surface area contributed by atoms with E-state index in [9.17, 15) is 0 Å². The maximum Gasteiger partial charge on any atom is 0.164 e. The number of nitrogens with zero attached hydrogens (tertiary/aromatic N) is 3. The summed E-state index contributed by atoms with van der Waals surface area (Å²) in [6.45, 7) is 0. The molecule has 0 saturated carbocycles. The second kappa shape index (κ2) is 9.58. The van der Waals surface area contributed by atoms with Crippen molar-refractivity contribution in [3.8, 4) is 34.2 Å². The lowest BCUT2D eigenvalue weighted by atomic mass is 9.99. The third kappa shape index (κ3) is 3.72. The van der Waals surface area contributed by atoms with Crippen molar-refractivity contribution < 1.29 is 8.83 Å². The lowest BCUT2D eigenvalue weighted by Gasteiger charge is -2.09. The quantitative estimate of drug-likeness (QED) is 0.205. The molecule has 0 aliphatic carbocycles. The minimum Gasteiger partial charge on any atom is -0.455 e. The van der Waals surface area contributed by atoms with Crippen LogP contribution in [0, 0.1) is 0 Å². The summed E-state index contributed by atoms with van der Waals surface area (Å²) in [6.07, 6.45) is 0. The molecule has 0 atom stereocenters. The van der Waals surface area contributed by atoms with Gasteiger partial charge < -0.3 is 8.83 Å². The summed E-state index contributed by atoms with van der Waals surface area (Å²) < 4.78 is 13.2. The Morgan fingerprint density at radius 1 is 0.348 bits per heavy atom. The van der Waals surface area contributed by atoms with Gasteiger partial charge in [0.25, 0.3) is 0 Å². The summed E-state index contributed by atoms with van der Waals surface area (Å²) in [4.78, 5) is 14.9. The average molecular weight is 590 g/mol. The van der Waals surface area contributed by atoms with Crippen LogP contribution in [0.1, 0.15) is 0 Å². The van der Waals surface area contributed by atoms with Crippen molar-refractivity contribution in [1.82, 2.24) is 15.0 Å². The lowest BCUT2D eigenvalue weighted by Crippen LogP contribution is -2.00. The Balaban J connectivity index is 1.23. The number of furan rings is 2. The van der Waals surface area contributed by atoms with Gasteiger partial charge in [0.15, 0.2) is 17.5 Å². The molecular weight excluding hydrogens is 566 g/mol. The molecule has 0 N–H and O–H groups in total. The Hall–Kier alpha value is -6.33. The van der Waals surface area contributed by atoms with Crippen LogP contribution >= 0.6 is 0 Å². The van der Waals surface area contributed by atoms with E-state index in [1.165, 1.54) is 5.39 Å². The molecule has 0 fully saturated rings. The monoisotopic (exact) mass is 589 g/mol. The molecule has 0 saturated heterocycles. The maximum absolute atomic E-state index is 6.75. The molecule has 0 unspecified atom stereocenters. The normalized spacial score (nSPS) is 11.9. The number of fused-ring (bicyclic) bond motifs is 11. The zero-order chi connectivity index (χ0) is 30.2. The van der Waals surface area contributed by atoms with Crippen LogP contribution in [0.2, 0.25) is 0 Å². The van der Waals surface area contributed by atoms with Gasteiger partial charge in [0.2, 0.25) is 0 Å². The van der Waals surface area contributed by atoms with Gasteiger partial charge in [-0.2, -0.15) is 0 Å². The average Bonchev–Trinajstić information content (AvgIpc) is 3.71. The van der Waals surface area contributed by atoms with Crippen molar-refractivity contribution in [2.75, 3.05) is 0 Å². The minimum atomic E-state index is 0.586.